The molecular weight excluding hydrogens is 358 g/mol. The fourth-order valence-electron chi connectivity index (χ4n) is 2.50. The standard InChI is InChI=1S/C18H22BrNO3/c1-3-12(2)23-18(22)16-7-5-4-6-15(16)17(21)20-14-10-8-13(19)9-11-14/h4-5,8-12,15-16H,3,6-7H2,1-2H3,(H,20,21)/t12-,15+,16-/m0/s1. The number of carbonyl (C=O) groups is 2. The Morgan fingerprint density at radius 1 is 1.22 bits per heavy atom. The number of hydrogen-bond acceptors (Lipinski definition) is 3. The highest BCUT2D eigenvalue weighted by molar-refractivity contribution is 9.10. The van der Waals surface area contributed by atoms with Crippen molar-refractivity contribution in [3.8, 4) is 0 Å². The summed E-state index contributed by atoms with van der Waals surface area (Å²) in [4.78, 5) is 24.9. The molecule has 0 saturated carbocycles. The summed E-state index contributed by atoms with van der Waals surface area (Å²) in [5.74, 6) is -1.22. The topological polar surface area (TPSA) is 55.4 Å². The van der Waals surface area contributed by atoms with Crippen molar-refractivity contribution >= 4 is 33.5 Å². The van der Waals surface area contributed by atoms with Gasteiger partial charge >= 0.3 is 5.97 Å². The van der Waals surface area contributed by atoms with Gasteiger partial charge in [0.15, 0.2) is 0 Å². The monoisotopic (exact) mass is 379 g/mol. The molecular formula is C18H22BrNO3. The quantitative estimate of drug-likeness (QED) is 0.612. The second kappa shape index (κ2) is 8.29. The molecule has 0 aliphatic heterocycles. The first-order chi connectivity index (χ1) is 11.0. The van der Waals surface area contributed by atoms with Gasteiger partial charge in [0, 0.05) is 10.2 Å². The molecule has 0 heterocycles. The molecule has 3 atom stereocenters. The van der Waals surface area contributed by atoms with E-state index in [-0.39, 0.29) is 23.9 Å². The largest absolute Gasteiger partial charge is 0.462 e. The molecule has 5 heteroatoms. The van der Waals surface area contributed by atoms with Gasteiger partial charge in [0.1, 0.15) is 0 Å². The molecule has 0 unspecified atom stereocenters. The van der Waals surface area contributed by atoms with Gasteiger partial charge in [-0.3, -0.25) is 9.59 Å². The van der Waals surface area contributed by atoms with E-state index in [4.69, 9.17) is 4.74 Å². The molecule has 1 N–H and O–H groups in total. The number of halogens is 1. The highest BCUT2D eigenvalue weighted by Crippen LogP contribution is 2.29. The van der Waals surface area contributed by atoms with Crippen LogP contribution in [0.3, 0.4) is 0 Å². The average molecular weight is 380 g/mol. The minimum absolute atomic E-state index is 0.122. The maximum Gasteiger partial charge on any atom is 0.310 e. The Labute approximate surface area is 145 Å². The van der Waals surface area contributed by atoms with Crippen molar-refractivity contribution in [3.63, 3.8) is 0 Å². The van der Waals surface area contributed by atoms with Crippen molar-refractivity contribution in [1.82, 2.24) is 0 Å². The Bertz CT molecular complexity index is 582. The Kier molecular flexibility index (Phi) is 6.39. The highest BCUT2D eigenvalue weighted by Gasteiger charge is 2.35. The van der Waals surface area contributed by atoms with Crippen LogP contribution in [0.1, 0.15) is 33.1 Å². The summed E-state index contributed by atoms with van der Waals surface area (Å²) in [6, 6.07) is 7.39. The van der Waals surface area contributed by atoms with Crippen molar-refractivity contribution in [2.45, 2.75) is 39.2 Å². The summed E-state index contributed by atoms with van der Waals surface area (Å²) in [5, 5.41) is 2.89. The fourth-order valence-corrected chi connectivity index (χ4v) is 2.77. The van der Waals surface area contributed by atoms with Crippen LogP contribution in [-0.4, -0.2) is 18.0 Å². The molecule has 0 saturated heterocycles. The van der Waals surface area contributed by atoms with E-state index in [9.17, 15) is 9.59 Å². The third kappa shape index (κ3) is 4.93. The number of carbonyl (C=O) groups excluding carboxylic acids is 2. The first-order valence-corrected chi connectivity index (χ1v) is 8.72. The molecule has 1 aliphatic rings. The van der Waals surface area contributed by atoms with Crippen LogP contribution in [0.25, 0.3) is 0 Å². The summed E-state index contributed by atoms with van der Waals surface area (Å²) >= 11 is 3.36. The zero-order valence-electron chi connectivity index (χ0n) is 13.4. The molecule has 1 amide bonds. The van der Waals surface area contributed by atoms with Crippen LogP contribution in [-0.2, 0) is 14.3 Å². The van der Waals surface area contributed by atoms with Gasteiger partial charge in [-0.2, -0.15) is 0 Å². The van der Waals surface area contributed by atoms with Crippen molar-refractivity contribution in [2.75, 3.05) is 5.32 Å². The zero-order valence-corrected chi connectivity index (χ0v) is 15.0. The van der Waals surface area contributed by atoms with Crippen LogP contribution in [0.2, 0.25) is 0 Å². The van der Waals surface area contributed by atoms with Gasteiger partial charge < -0.3 is 10.1 Å². The predicted molar refractivity (Wildman–Crippen MR) is 94.0 cm³/mol. The van der Waals surface area contributed by atoms with Crippen molar-refractivity contribution in [1.29, 1.82) is 0 Å². The second-order valence-corrected chi connectivity index (χ2v) is 6.72. The van der Waals surface area contributed by atoms with Gasteiger partial charge in [-0.15, -0.1) is 0 Å². The van der Waals surface area contributed by atoms with Crippen molar-refractivity contribution < 1.29 is 14.3 Å². The number of anilines is 1. The number of rotatable bonds is 5. The summed E-state index contributed by atoms with van der Waals surface area (Å²) in [7, 11) is 0. The van der Waals surface area contributed by atoms with Crippen LogP contribution >= 0.6 is 15.9 Å². The Balaban J connectivity index is 2.05. The van der Waals surface area contributed by atoms with E-state index >= 15 is 0 Å². The van der Waals surface area contributed by atoms with Crippen LogP contribution in [0.4, 0.5) is 5.69 Å². The Morgan fingerprint density at radius 2 is 1.83 bits per heavy atom. The fraction of sp³-hybridized carbons (Fsp3) is 0.444. The van der Waals surface area contributed by atoms with Gasteiger partial charge in [0.25, 0.3) is 0 Å². The lowest BCUT2D eigenvalue weighted by Crippen LogP contribution is -2.36. The smallest absolute Gasteiger partial charge is 0.310 e. The first-order valence-electron chi connectivity index (χ1n) is 7.93. The van der Waals surface area contributed by atoms with E-state index in [1.165, 1.54) is 0 Å². The number of ether oxygens (including phenoxy) is 1. The summed E-state index contributed by atoms with van der Waals surface area (Å²) < 4.78 is 6.38. The Morgan fingerprint density at radius 3 is 2.43 bits per heavy atom. The van der Waals surface area contributed by atoms with Gasteiger partial charge in [0.2, 0.25) is 5.91 Å². The number of amides is 1. The lowest BCUT2D eigenvalue weighted by molar-refractivity contribution is -0.157. The Hall–Kier alpha value is -1.62. The number of esters is 1. The van der Waals surface area contributed by atoms with E-state index in [1.807, 2.05) is 50.3 Å². The van der Waals surface area contributed by atoms with Gasteiger partial charge in [-0.25, -0.2) is 0 Å². The maximum atomic E-state index is 12.6. The summed E-state index contributed by atoms with van der Waals surface area (Å²) in [5.41, 5.74) is 0.724. The van der Waals surface area contributed by atoms with Gasteiger partial charge in [-0.05, 0) is 50.5 Å². The molecule has 0 radical (unpaired) electrons. The predicted octanol–water partition coefficient (Wildman–Crippen LogP) is 4.31. The molecule has 1 aromatic rings. The van der Waals surface area contributed by atoms with Crippen molar-refractivity contribution in [3.05, 3.63) is 40.9 Å². The molecule has 124 valence electrons. The molecule has 1 aliphatic carbocycles. The minimum Gasteiger partial charge on any atom is -0.462 e. The molecule has 0 fully saturated rings. The number of allylic oxidation sites excluding steroid dienone is 2. The molecule has 2 rings (SSSR count). The van der Waals surface area contributed by atoms with Crippen LogP contribution in [0.15, 0.2) is 40.9 Å². The van der Waals surface area contributed by atoms with Crippen LogP contribution in [0.5, 0.6) is 0 Å². The average Bonchev–Trinajstić information content (AvgIpc) is 2.56. The third-order valence-corrected chi connectivity index (χ3v) is 4.60. The summed E-state index contributed by atoms with van der Waals surface area (Å²) in [6.45, 7) is 3.84. The lowest BCUT2D eigenvalue weighted by atomic mass is 9.82. The zero-order chi connectivity index (χ0) is 16.8. The van der Waals surface area contributed by atoms with Gasteiger partial charge in [-0.1, -0.05) is 35.0 Å². The second-order valence-electron chi connectivity index (χ2n) is 5.81. The van der Waals surface area contributed by atoms with E-state index in [0.717, 1.165) is 16.6 Å². The highest BCUT2D eigenvalue weighted by atomic mass is 79.9. The molecule has 23 heavy (non-hydrogen) atoms. The number of nitrogens with one attached hydrogen (secondary N) is 1. The van der Waals surface area contributed by atoms with E-state index in [0.29, 0.717) is 12.8 Å². The van der Waals surface area contributed by atoms with Gasteiger partial charge in [0.05, 0.1) is 17.9 Å². The maximum absolute atomic E-state index is 12.6. The lowest BCUT2D eigenvalue weighted by Gasteiger charge is -2.27. The SMILES string of the molecule is CC[C@H](C)OC(=O)[C@H]1CC=CC[C@H]1C(=O)Nc1ccc(Br)cc1. The molecule has 4 nitrogen and oxygen atoms in total. The number of benzene rings is 1. The van der Waals surface area contributed by atoms with Crippen LogP contribution < -0.4 is 5.32 Å². The van der Waals surface area contributed by atoms with Crippen molar-refractivity contribution in [2.24, 2.45) is 11.8 Å². The molecule has 0 aromatic heterocycles. The normalized spacial score (nSPS) is 21.5. The van der Waals surface area contributed by atoms with E-state index in [2.05, 4.69) is 21.2 Å². The molecule has 1 aromatic carbocycles. The minimum atomic E-state index is -0.413. The van der Waals surface area contributed by atoms with E-state index in [1.54, 1.807) is 0 Å². The summed E-state index contributed by atoms with van der Waals surface area (Å²) in [6.07, 6.45) is 5.66. The van der Waals surface area contributed by atoms with E-state index < -0.39 is 5.92 Å². The molecule has 0 bridgehead atoms. The molecule has 0 spiro atoms. The third-order valence-electron chi connectivity index (χ3n) is 4.08. The number of hydrogen-bond donors (Lipinski definition) is 1. The first kappa shape index (κ1) is 17.7. The van der Waals surface area contributed by atoms with Crippen LogP contribution in [0, 0.1) is 11.8 Å².